The Hall–Kier alpha value is -1.41. The quantitative estimate of drug-likeness (QED) is 0.659. The molecule has 0 saturated heterocycles. The largest absolute Gasteiger partial charge is 0.384 e. The Labute approximate surface area is 70.2 Å². The van der Waals surface area contributed by atoms with Crippen LogP contribution in [0.3, 0.4) is 0 Å². The van der Waals surface area contributed by atoms with Gasteiger partial charge in [-0.1, -0.05) is 30.3 Å². The summed E-state index contributed by atoms with van der Waals surface area (Å²) in [7, 11) is 0. The van der Waals surface area contributed by atoms with Crippen LogP contribution in [0, 0.1) is 0 Å². The van der Waals surface area contributed by atoms with Gasteiger partial charge in [0.15, 0.2) is 5.78 Å². The predicted molar refractivity (Wildman–Crippen MR) is 44.9 cm³/mol. The molecule has 1 atom stereocenters. The van der Waals surface area contributed by atoms with Crippen LogP contribution >= 0.6 is 0 Å². The van der Waals surface area contributed by atoms with E-state index in [1.54, 1.807) is 18.2 Å². The zero-order chi connectivity index (χ0) is 8.55. The Balaban J connectivity index is 2.22. The molecule has 1 unspecified atom stereocenters. The summed E-state index contributed by atoms with van der Waals surface area (Å²) in [4.78, 5) is 11.4. The fourth-order valence-corrected chi connectivity index (χ4v) is 1.09. The van der Waals surface area contributed by atoms with Crippen LogP contribution in [0.1, 0.15) is 10.4 Å². The van der Waals surface area contributed by atoms with E-state index >= 15 is 0 Å². The molecule has 0 saturated carbocycles. The fourth-order valence-electron chi connectivity index (χ4n) is 1.09. The molecule has 1 aromatic rings. The SMILES string of the molecule is O=C(C1=CC1O)c1ccccc1. The summed E-state index contributed by atoms with van der Waals surface area (Å²) in [5.41, 5.74) is 1.15. The third kappa shape index (κ3) is 1.17. The number of benzene rings is 1. The van der Waals surface area contributed by atoms with Gasteiger partial charge in [-0.25, -0.2) is 0 Å². The average molecular weight is 160 g/mol. The minimum Gasteiger partial charge on any atom is -0.384 e. The Morgan fingerprint density at radius 1 is 1.25 bits per heavy atom. The van der Waals surface area contributed by atoms with Crippen LogP contribution in [0.15, 0.2) is 42.0 Å². The fraction of sp³-hybridized carbons (Fsp3) is 0.100. The second kappa shape index (κ2) is 2.57. The van der Waals surface area contributed by atoms with E-state index in [1.807, 2.05) is 18.2 Å². The van der Waals surface area contributed by atoms with Crippen molar-refractivity contribution in [2.45, 2.75) is 6.10 Å². The monoisotopic (exact) mass is 160 g/mol. The lowest BCUT2D eigenvalue weighted by Crippen LogP contribution is -2.00. The van der Waals surface area contributed by atoms with Crippen LogP contribution in [0.5, 0.6) is 0 Å². The molecule has 0 bridgehead atoms. The first kappa shape index (κ1) is 7.25. The lowest BCUT2D eigenvalue weighted by molar-refractivity contribution is 0.102. The molecule has 0 fully saturated rings. The molecule has 2 heteroatoms. The summed E-state index contributed by atoms with van der Waals surface area (Å²) in [5.74, 6) is -0.0666. The number of rotatable bonds is 2. The van der Waals surface area contributed by atoms with Crippen molar-refractivity contribution < 1.29 is 9.90 Å². The minimum atomic E-state index is -0.599. The average Bonchev–Trinajstić information content (AvgIpc) is 2.83. The number of ketones is 1. The van der Waals surface area contributed by atoms with Crippen LogP contribution in [0.2, 0.25) is 0 Å². The Morgan fingerprint density at radius 3 is 2.33 bits per heavy atom. The van der Waals surface area contributed by atoms with E-state index < -0.39 is 6.10 Å². The zero-order valence-corrected chi connectivity index (χ0v) is 6.40. The molecule has 0 amide bonds. The molecule has 2 nitrogen and oxygen atoms in total. The predicted octanol–water partition coefficient (Wildman–Crippen LogP) is 1.17. The summed E-state index contributed by atoms with van der Waals surface area (Å²) in [5, 5.41) is 8.94. The molecule has 0 aromatic heterocycles. The lowest BCUT2D eigenvalue weighted by Gasteiger charge is -1.94. The van der Waals surface area contributed by atoms with Gasteiger partial charge in [0.2, 0.25) is 0 Å². The number of Topliss-reactive ketones (excluding diaryl/α,β-unsaturated/α-hetero) is 1. The van der Waals surface area contributed by atoms with Crippen molar-refractivity contribution >= 4 is 5.78 Å². The van der Waals surface area contributed by atoms with Gasteiger partial charge in [0.05, 0.1) is 0 Å². The van der Waals surface area contributed by atoms with E-state index in [4.69, 9.17) is 5.11 Å². The molecule has 1 N–H and O–H groups in total. The van der Waals surface area contributed by atoms with Crippen LogP contribution in [-0.4, -0.2) is 17.0 Å². The van der Waals surface area contributed by atoms with Gasteiger partial charge in [-0.2, -0.15) is 0 Å². The number of aliphatic hydroxyl groups is 1. The molecule has 0 radical (unpaired) electrons. The number of carbonyl (C=O) groups excluding carboxylic acids is 1. The summed E-state index contributed by atoms with van der Waals surface area (Å²) in [6, 6.07) is 8.96. The molecular weight excluding hydrogens is 152 g/mol. The number of carbonyl (C=O) groups is 1. The highest BCUT2D eigenvalue weighted by Gasteiger charge is 2.28. The molecule has 0 spiro atoms. The van der Waals surface area contributed by atoms with Crippen LogP contribution in [-0.2, 0) is 0 Å². The Kier molecular flexibility index (Phi) is 1.55. The van der Waals surface area contributed by atoms with Gasteiger partial charge in [0.1, 0.15) is 6.10 Å². The van der Waals surface area contributed by atoms with Crippen molar-refractivity contribution in [2.24, 2.45) is 0 Å². The number of hydrogen-bond donors (Lipinski definition) is 1. The van der Waals surface area contributed by atoms with Crippen molar-refractivity contribution in [3.8, 4) is 0 Å². The molecule has 0 aliphatic heterocycles. The zero-order valence-electron chi connectivity index (χ0n) is 6.40. The van der Waals surface area contributed by atoms with Crippen molar-refractivity contribution in [3.63, 3.8) is 0 Å². The molecule has 12 heavy (non-hydrogen) atoms. The highest BCUT2D eigenvalue weighted by Crippen LogP contribution is 2.23. The standard InChI is InChI=1S/C10H8O2/c11-9-6-8(9)10(12)7-4-2-1-3-5-7/h1-6,9,11H. The highest BCUT2D eigenvalue weighted by molar-refractivity contribution is 6.12. The van der Waals surface area contributed by atoms with Crippen molar-refractivity contribution in [2.75, 3.05) is 0 Å². The summed E-state index contributed by atoms with van der Waals surface area (Å²) in [6.07, 6.45) is 0.952. The molecule has 2 rings (SSSR count). The topological polar surface area (TPSA) is 37.3 Å². The van der Waals surface area contributed by atoms with Gasteiger partial charge in [0, 0.05) is 11.1 Å². The van der Waals surface area contributed by atoms with Crippen molar-refractivity contribution in [1.82, 2.24) is 0 Å². The van der Waals surface area contributed by atoms with Crippen LogP contribution in [0.25, 0.3) is 0 Å². The first-order valence-corrected chi connectivity index (χ1v) is 3.78. The number of hydrogen-bond acceptors (Lipinski definition) is 2. The van der Waals surface area contributed by atoms with Gasteiger partial charge < -0.3 is 5.11 Å². The third-order valence-electron chi connectivity index (χ3n) is 1.85. The van der Waals surface area contributed by atoms with Gasteiger partial charge in [0.25, 0.3) is 0 Å². The molecule has 60 valence electrons. The van der Waals surface area contributed by atoms with E-state index in [-0.39, 0.29) is 5.78 Å². The normalized spacial score (nSPS) is 20.1. The second-order valence-electron chi connectivity index (χ2n) is 2.76. The lowest BCUT2D eigenvalue weighted by atomic mass is 10.1. The van der Waals surface area contributed by atoms with E-state index in [9.17, 15) is 4.79 Å². The molecule has 0 heterocycles. The van der Waals surface area contributed by atoms with E-state index in [0.717, 1.165) is 0 Å². The minimum absolute atomic E-state index is 0.0666. The molecule has 1 aliphatic carbocycles. The Bertz CT molecular complexity index is 338. The number of aliphatic hydroxyl groups excluding tert-OH is 1. The van der Waals surface area contributed by atoms with Gasteiger partial charge in [-0.15, -0.1) is 0 Å². The van der Waals surface area contributed by atoms with E-state index in [1.165, 1.54) is 0 Å². The maximum Gasteiger partial charge on any atom is 0.191 e. The summed E-state index contributed by atoms with van der Waals surface area (Å²) < 4.78 is 0. The van der Waals surface area contributed by atoms with Crippen molar-refractivity contribution in [1.29, 1.82) is 0 Å². The highest BCUT2D eigenvalue weighted by atomic mass is 16.3. The molecule has 1 aliphatic rings. The molecule has 1 aromatic carbocycles. The maximum atomic E-state index is 11.4. The second-order valence-corrected chi connectivity index (χ2v) is 2.76. The summed E-state index contributed by atoms with van der Waals surface area (Å²) >= 11 is 0. The van der Waals surface area contributed by atoms with Crippen LogP contribution in [0.4, 0.5) is 0 Å². The first-order chi connectivity index (χ1) is 5.79. The van der Waals surface area contributed by atoms with E-state index in [0.29, 0.717) is 11.1 Å². The first-order valence-electron chi connectivity index (χ1n) is 3.78. The van der Waals surface area contributed by atoms with Crippen molar-refractivity contribution in [3.05, 3.63) is 47.5 Å². The summed E-state index contributed by atoms with van der Waals surface area (Å²) in [6.45, 7) is 0. The van der Waals surface area contributed by atoms with E-state index in [2.05, 4.69) is 0 Å². The van der Waals surface area contributed by atoms with Gasteiger partial charge >= 0.3 is 0 Å². The van der Waals surface area contributed by atoms with Gasteiger partial charge in [-0.05, 0) is 6.08 Å². The van der Waals surface area contributed by atoms with Gasteiger partial charge in [-0.3, -0.25) is 4.79 Å². The molecular formula is C10H8O2. The smallest absolute Gasteiger partial charge is 0.191 e. The Morgan fingerprint density at radius 2 is 1.83 bits per heavy atom. The third-order valence-corrected chi connectivity index (χ3v) is 1.85. The maximum absolute atomic E-state index is 11.4. The van der Waals surface area contributed by atoms with Crippen LogP contribution < -0.4 is 0 Å².